The fraction of sp³-hybridized carbons (Fsp3) is 0.0435. The third-order valence-corrected chi connectivity index (χ3v) is 9.88. The Labute approximate surface area is 268 Å². The van der Waals surface area contributed by atoms with Crippen molar-refractivity contribution in [3.05, 3.63) is 169 Å². The van der Waals surface area contributed by atoms with Crippen LogP contribution < -0.4 is 0 Å². The van der Waals surface area contributed by atoms with Crippen LogP contribution in [0.1, 0.15) is 11.1 Å². The first-order chi connectivity index (χ1) is 22.7. The molecule has 0 heterocycles. The molecule has 0 amide bonds. The largest absolute Gasteiger partial charge is 0.0616 e. The molecule has 0 unspecified atom stereocenters. The Hall–Kier alpha value is -5.72. The van der Waals surface area contributed by atoms with E-state index in [2.05, 4.69) is 172 Å². The third-order valence-electron chi connectivity index (χ3n) is 9.88. The van der Waals surface area contributed by atoms with Crippen molar-refractivity contribution in [1.29, 1.82) is 0 Å². The fourth-order valence-electron chi connectivity index (χ4n) is 7.83. The minimum atomic E-state index is 1.20. The van der Waals surface area contributed by atoms with Gasteiger partial charge < -0.3 is 0 Å². The molecule has 216 valence electrons. The van der Waals surface area contributed by atoms with Crippen molar-refractivity contribution in [1.82, 2.24) is 0 Å². The molecule has 0 saturated heterocycles. The Bertz CT molecular complexity index is 2560. The summed E-state index contributed by atoms with van der Waals surface area (Å²) in [6, 6.07) is 58.7. The van der Waals surface area contributed by atoms with Crippen molar-refractivity contribution in [2.45, 2.75) is 13.8 Å². The zero-order valence-electron chi connectivity index (χ0n) is 26.0. The molecular weight excluding hydrogens is 553 g/mol. The van der Waals surface area contributed by atoms with Crippen molar-refractivity contribution in [3.8, 4) is 0 Å². The molecular formula is C46H32. The van der Waals surface area contributed by atoms with Gasteiger partial charge >= 0.3 is 0 Å². The van der Waals surface area contributed by atoms with Gasteiger partial charge in [-0.05, 0) is 111 Å². The van der Waals surface area contributed by atoms with Crippen molar-refractivity contribution in [3.63, 3.8) is 0 Å². The molecule has 2 bridgehead atoms. The van der Waals surface area contributed by atoms with Crippen LogP contribution in [0, 0.1) is 13.8 Å². The first kappa shape index (κ1) is 26.7. The maximum absolute atomic E-state index is 2.38. The van der Waals surface area contributed by atoms with Gasteiger partial charge in [-0.1, -0.05) is 158 Å². The molecule has 0 spiro atoms. The number of hydrogen-bond acceptors (Lipinski definition) is 0. The molecule has 10 aromatic carbocycles. The minimum absolute atomic E-state index is 1.20. The molecule has 0 aliphatic heterocycles. The van der Waals surface area contributed by atoms with Gasteiger partial charge in [-0.25, -0.2) is 0 Å². The molecule has 0 fully saturated rings. The summed E-state index contributed by atoms with van der Waals surface area (Å²) in [6.07, 6.45) is 0. The summed E-state index contributed by atoms with van der Waals surface area (Å²) in [6.45, 7) is 4.48. The van der Waals surface area contributed by atoms with Crippen molar-refractivity contribution >= 4 is 86.2 Å². The van der Waals surface area contributed by atoms with Crippen LogP contribution in [0.4, 0.5) is 0 Å². The normalized spacial score (nSPS) is 11.7. The average Bonchev–Trinajstić information content (AvgIpc) is 3.10. The second kappa shape index (κ2) is 10.4. The zero-order chi connectivity index (χ0) is 30.8. The quantitative estimate of drug-likeness (QED) is 0.156. The fourth-order valence-corrected chi connectivity index (χ4v) is 7.83. The van der Waals surface area contributed by atoms with Crippen molar-refractivity contribution in [2.75, 3.05) is 0 Å². The number of aryl methyl sites for hydroxylation is 2. The van der Waals surface area contributed by atoms with E-state index in [9.17, 15) is 0 Å². The highest BCUT2D eigenvalue weighted by molar-refractivity contribution is 6.38. The summed E-state index contributed by atoms with van der Waals surface area (Å²) in [5.74, 6) is 0. The van der Waals surface area contributed by atoms with Crippen molar-refractivity contribution < 1.29 is 0 Å². The molecule has 0 aliphatic carbocycles. The topological polar surface area (TPSA) is 0 Å². The second-order valence-electron chi connectivity index (χ2n) is 12.5. The van der Waals surface area contributed by atoms with Crippen LogP contribution in [0.5, 0.6) is 0 Å². The van der Waals surface area contributed by atoms with E-state index in [4.69, 9.17) is 0 Å². The Kier molecular flexibility index (Phi) is 6.05. The van der Waals surface area contributed by atoms with Crippen LogP contribution in [0.25, 0.3) is 86.2 Å². The third kappa shape index (κ3) is 4.00. The van der Waals surface area contributed by atoms with Gasteiger partial charge in [0.2, 0.25) is 0 Å². The van der Waals surface area contributed by atoms with Crippen molar-refractivity contribution in [2.24, 2.45) is 0 Å². The lowest BCUT2D eigenvalue weighted by atomic mass is 9.87. The van der Waals surface area contributed by atoms with E-state index in [1.54, 1.807) is 0 Å². The Balaban J connectivity index is 1.74. The summed E-state index contributed by atoms with van der Waals surface area (Å²) in [7, 11) is 0. The maximum Gasteiger partial charge on any atom is -0.00141 e. The van der Waals surface area contributed by atoms with Gasteiger partial charge in [0.25, 0.3) is 0 Å². The van der Waals surface area contributed by atoms with Gasteiger partial charge in [0.1, 0.15) is 0 Å². The lowest BCUT2D eigenvalue weighted by Crippen LogP contribution is -1.88. The van der Waals surface area contributed by atoms with Crippen LogP contribution in [-0.2, 0) is 0 Å². The highest BCUT2D eigenvalue weighted by atomic mass is 14.2. The minimum Gasteiger partial charge on any atom is -0.0616 e. The first-order valence-corrected chi connectivity index (χ1v) is 16.1. The summed E-state index contributed by atoms with van der Waals surface area (Å²) < 4.78 is 0. The van der Waals surface area contributed by atoms with Gasteiger partial charge in [0, 0.05) is 0 Å². The SMILES string of the molecule is Cc1cc2ccc3ccccc3ccc3cc(C)c4ccccc4c3c3c4ccccc4c(c4ccccc43)c2c2ccccc12. The molecule has 0 atom stereocenters. The standard InChI is InChI=1S/C46H32/c1-29-27-33-25-23-31-13-3-4-14-32(31)24-26-34-28-30(2)36-16-6-8-18-38(36)44(34)46-41-21-11-9-19-39(41)45(40-20-10-12-22-42(40)46)43(33)37-17-7-5-15-35(29)37/h3-28H,1-2H3. The average molecular weight is 585 g/mol. The summed E-state index contributed by atoms with van der Waals surface area (Å²) in [4.78, 5) is 0. The predicted octanol–water partition coefficient (Wildman–Crippen LogP) is 13.2. The highest BCUT2D eigenvalue weighted by Crippen LogP contribution is 2.43. The van der Waals surface area contributed by atoms with E-state index in [-0.39, 0.29) is 0 Å². The molecule has 46 heavy (non-hydrogen) atoms. The number of benzene rings is 8. The molecule has 0 aromatic heterocycles. The number of rotatable bonds is 0. The first-order valence-electron chi connectivity index (χ1n) is 16.1. The van der Waals surface area contributed by atoms with Crippen LogP contribution in [0.2, 0.25) is 0 Å². The van der Waals surface area contributed by atoms with E-state index in [0.29, 0.717) is 0 Å². The van der Waals surface area contributed by atoms with Gasteiger partial charge in [-0.2, -0.15) is 0 Å². The van der Waals surface area contributed by atoms with Crippen LogP contribution >= 0.6 is 0 Å². The predicted molar refractivity (Wildman–Crippen MR) is 202 cm³/mol. The van der Waals surface area contributed by atoms with Crippen LogP contribution in [0.3, 0.4) is 0 Å². The monoisotopic (exact) mass is 584 g/mol. The molecule has 0 N–H and O–H groups in total. The number of hydrogen-bond donors (Lipinski definition) is 0. The molecule has 0 nitrogen and oxygen atoms in total. The van der Waals surface area contributed by atoms with E-state index in [0.717, 1.165) is 0 Å². The Morgan fingerprint density at radius 3 is 0.848 bits per heavy atom. The summed E-state index contributed by atoms with van der Waals surface area (Å²) in [5, 5.41) is 20.3. The lowest BCUT2D eigenvalue weighted by molar-refractivity contribution is 1.56. The van der Waals surface area contributed by atoms with E-state index >= 15 is 0 Å². The van der Waals surface area contributed by atoms with Gasteiger partial charge in [0.15, 0.2) is 0 Å². The van der Waals surface area contributed by atoms with Crippen LogP contribution in [0.15, 0.2) is 158 Å². The smallest absolute Gasteiger partial charge is 0.00141 e. The zero-order valence-corrected chi connectivity index (χ0v) is 26.0. The second-order valence-corrected chi connectivity index (χ2v) is 12.5. The summed E-state index contributed by atoms with van der Waals surface area (Å²) >= 11 is 0. The van der Waals surface area contributed by atoms with Gasteiger partial charge in [-0.3, -0.25) is 0 Å². The molecule has 0 aliphatic rings. The highest BCUT2D eigenvalue weighted by Gasteiger charge is 2.15. The van der Waals surface area contributed by atoms with E-state index < -0.39 is 0 Å². The maximum atomic E-state index is 2.38. The molecule has 10 aromatic rings. The van der Waals surface area contributed by atoms with Gasteiger partial charge in [-0.15, -0.1) is 0 Å². The molecule has 0 radical (unpaired) electrons. The molecule has 0 heteroatoms. The van der Waals surface area contributed by atoms with E-state index in [1.807, 2.05) is 0 Å². The lowest BCUT2D eigenvalue weighted by Gasteiger charge is -2.16. The molecule has 0 saturated carbocycles. The number of fused-ring (bicyclic) bond motifs is 4. The molecule has 10 rings (SSSR count). The summed E-state index contributed by atoms with van der Waals surface area (Å²) in [5.41, 5.74) is 2.57. The van der Waals surface area contributed by atoms with E-state index in [1.165, 1.54) is 97.3 Å². The van der Waals surface area contributed by atoms with Crippen LogP contribution in [-0.4, -0.2) is 0 Å². The van der Waals surface area contributed by atoms with Gasteiger partial charge in [0.05, 0.1) is 0 Å². The Morgan fingerprint density at radius 1 is 0.239 bits per heavy atom. The Morgan fingerprint density at radius 2 is 0.500 bits per heavy atom.